The summed E-state index contributed by atoms with van der Waals surface area (Å²) in [5, 5.41) is 3.22. The first-order valence-electron chi connectivity index (χ1n) is 5.61. The second-order valence-corrected chi connectivity index (χ2v) is 4.37. The summed E-state index contributed by atoms with van der Waals surface area (Å²) < 4.78 is 0. The molecule has 0 bridgehead atoms. The fourth-order valence-corrected chi connectivity index (χ4v) is 1.81. The fourth-order valence-electron chi connectivity index (χ4n) is 1.63. The SMILES string of the molecule is Cc1cc(C(=O)Nc2ccccc2Cl)cc(NN)n1. The van der Waals surface area contributed by atoms with Gasteiger partial charge in [-0.2, -0.15) is 0 Å². The number of anilines is 2. The number of nitrogens with two attached hydrogens (primary N) is 1. The Balaban J connectivity index is 2.25. The van der Waals surface area contributed by atoms with Gasteiger partial charge in [0, 0.05) is 11.3 Å². The van der Waals surface area contributed by atoms with E-state index in [-0.39, 0.29) is 5.91 Å². The molecule has 0 spiro atoms. The Morgan fingerprint density at radius 2 is 2.05 bits per heavy atom. The molecule has 1 aromatic carbocycles. The summed E-state index contributed by atoms with van der Waals surface area (Å²) in [4.78, 5) is 16.2. The number of hydrogen-bond acceptors (Lipinski definition) is 4. The molecule has 0 unspecified atom stereocenters. The predicted molar refractivity (Wildman–Crippen MR) is 76.2 cm³/mol. The van der Waals surface area contributed by atoms with Gasteiger partial charge >= 0.3 is 0 Å². The number of para-hydroxylation sites is 1. The van der Waals surface area contributed by atoms with Gasteiger partial charge in [0.15, 0.2) is 0 Å². The van der Waals surface area contributed by atoms with Gasteiger partial charge in [-0.15, -0.1) is 0 Å². The van der Waals surface area contributed by atoms with E-state index in [0.29, 0.717) is 27.8 Å². The third-order valence-corrected chi connectivity index (χ3v) is 2.82. The van der Waals surface area contributed by atoms with Gasteiger partial charge in [-0.25, -0.2) is 10.8 Å². The number of halogens is 1. The van der Waals surface area contributed by atoms with Crippen molar-refractivity contribution in [1.29, 1.82) is 0 Å². The Hall–Kier alpha value is -2.11. The van der Waals surface area contributed by atoms with Gasteiger partial charge in [0.1, 0.15) is 5.82 Å². The highest BCUT2D eigenvalue weighted by Crippen LogP contribution is 2.21. The van der Waals surface area contributed by atoms with Crippen molar-refractivity contribution in [2.24, 2.45) is 5.84 Å². The highest BCUT2D eigenvalue weighted by atomic mass is 35.5. The Bertz CT molecular complexity index is 615. The average Bonchev–Trinajstić information content (AvgIpc) is 2.40. The van der Waals surface area contributed by atoms with Crippen molar-refractivity contribution in [3.05, 3.63) is 52.7 Å². The van der Waals surface area contributed by atoms with Gasteiger partial charge in [0.25, 0.3) is 5.91 Å². The van der Waals surface area contributed by atoms with Crippen LogP contribution in [0.2, 0.25) is 5.02 Å². The summed E-state index contributed by atoms with van der Waals surface area (Å²) >= 11 is 5.99. The van der Waals surface area contributed by atoms with Gasteiger partial charge in [-0.3, -0.25) is 4.79 Å². The van der Waals surface area contributed by atoms with E-state index in [0.717, 1.165) is 0 Å². The molecule has 1 amide bonds. The van der Waals surface area contributed by atoms with Gasteiger partial charge in [-0.1, -0.05) is 23.7 Å². The molecule has 0 aliphatic heterocycles. The van der Waals surface area contributed by atoms with Crippen molar-refractivity contribution >= 4 is 29.0 Å². The number of amides is 1. The zero-order chi connectivity index (χ0) is 13.8. The van der Waals surface area contributed by atoms with Crippen LogP contribution >= 0.6 is 11.6 Å². The molecule has 1 heterocycles. The zero-order valence-corrected chi connectivity index (χ0v) is 11.0. The van der Waals surface area contributed by atoms with Crippen molar-refractivity contribution in [3.63, 3.8) is 0 Å². The molecule has 4 N–H and O–H groups in total. The number of pyridine rings is 1. The Morgan fingerprint density at radius 1 is 1.32 bits per heavy atom. The lowest BCUT2D eigenvalue weighted by molar-refractivity contribution is 0.102. The van der Waals surface area contributed by atoms with Crippen LogP contribution in [0.1, 0.15) is 16.1 Å². The normalized spacial score (nSPS) is 10.1. The first-order chi connectivity index (χ1) is 9.10. The highest BCUT2D eigenvalue weighted by molar-refractivity contribution is 6.33. The molecule has 19 heavy (non-hydrogen) atoms. The molecule has 2 aromatic rings. The average molecular weight is 277 g/mol. The summed E-state index contributed by atoms with van der Waals surface area (Å²) in [6, 6.07) is 10.3. The van der Waals surface area contributed by atoms with E-state index in [1.54, 1.807) is 43.3 Å². The van der Waals surface area contributed by atoms with Crippen LogP contribution in [0.15, 0.2) is 36.4 Å². The van der Waals surface area contributed by atoms with Crippen molar-refractivity contribution in [2.75, 3.05) is 10.7 Å². The maximum Gasteiger partial charge on any atom is 0.255 e. The number of rotatable bonds is 3. The maximum absolute atomic E-state index is 12.1. The molecule has 0 fully saturated rings. The second-order valence-electron chi connectivity index (χ2n) is 3.96. The van der Waals surface area contributed by atoms with E-state index in [4.69, 9.17) is 17.4 Å². The van der Waals surface area contributed by atoms with Crippen LogP contribution in [0.25, 0.3) is 0 Å². The lowest BCUT2D eigenvalue weighted by Crippen LogP contribution is -2.15. The number of hydrogen-bond donors (Lipinski definition) is 3. The first-order valence-corrected chi connectivity index (χ1v) is 5.99. The minimum atomic E-state index is -0.268. The van der Waals surface area contributed by atoms with Crippen LogP contribution in [0, 0.1) is 6.92 Å². The number of aryl methyl sites for hydroxylation is 1. The number of nitrogen functional groups attached to an aromatic ring is 1. The van der Waals surface area contributed by atoms with E-state index in [9.17, 15) is 4.79 Å². The van der Waals surface area contributed by atoms with Gasteiger partial charge < -0.3 is 10.7 Å². The molecule has 0 saturated carbocycles. The minimum Gasteiger partial charge on any atom is -0.321 e. The lowest BCUT2D eigenvalue weighted by Gasteiger charge is -2.08. The number of benzene rings is 1. The number of hydrazine groups is 1. The molecule has 0 radical (unpaired) electrons. The van der Waals surface area contributed by atoms with Crippen LogP contribution < -0.4 is 16.6 Å². The van der Waals surface area contributed by atoms with Gasteiger partial charge in [0.05, 0.1) is 10.7 Å². The third-order valence-electron chi connectivity index (χ3n) is 2.49. The molecule has 5 nitrogen and oxygen atoms in total. The number of aromatic nitrogens is 1. The van der Waals surface area contributed by atoms with Crippen molar-refractivity contribution in [2.45, 2.75) is 6.92 Å². The summed E-state index contributed by atoms with van der Waals surface area (Å²) in [7, 11) is 0. The fraction of sp³-hybridized carbons (Fsp3) is 0.0769. The molecular formula is C13H13ClN4O. The van der Waals surface area contributed by atoms with E-state index in [2.05, 4.69) is 15.7 Å². The van der Waals surface area contributed by atoms with E-state index in [1.807, 2.05) is 0 Å². The first kappa shape index (κ1) is 13.3. The van der Waals surface area contributed by atoms with Crippen molar-refractivity contribution in [3.8, 4) is 0 Å². The molecular weight excluding hydrogens is 264 g/mol. The van der Waals surface area contributed by atoms with Crippen molar-refractivity contribution < 1.29 is 4.79 Å². The van der Waals surface area contributed by atoms with Crippen LogP contribution in [0.5, 0.6) is 0 Å². The molecule has 1 aromatic heterocycles. The number of carbonyl (C=O) groups excluding carboxylic acids is 1. The number of nitrogens with zero attached hydrogens (tertiary/aromatic N) is 1. The van der Waals surface area contributed by atoms with E-state index >= 15 is 0 Å². The molecule has 6 heteroatoms. The molecule has 98 valence electrons. The summed E-state index contributed by atoms with van der Waals surface area (Å²) in [5.74, 6) is 5.47. The largest absolute Gasteiger partial charge is 0.321 e. The monoisotopic (exact) mass is 276 g/mol. The summed E-state index contributed by atoms with van der Waals surface area (Å²) in [6.45, 7) is 1.78. The zero-order valence-electron chi connectivity index (χ0n) is 10.3. The Labute approximate surface area is 115 Å². The highest BCUT2D eigenvalue weighted by Gasteiger charge is 2.10. The smallest absolute Gasteiger partial charge is 0.255 e. The Morgan fingerprint density at radius 3 is 2.74 bits per heavy atom. The molecule has 0 saturated heterocycles. The number of nitrogens with one attached hydrogen (secondary N) is 2. The molecule has 0 aliphatic rings. The van der Waals surface area contributed by atoms with Crippen LogP contribution in [-0.2, 0) is 0 Å². The lowest BCUT2D eigenvalue weighted by atomic mass is 10.2. The quantitative estimate of drug-likeness (QED) is 0.595. The van der Waals surface area contributed by atoms with Gasteiger partial charge in [-0.05, 0) is 31.2 Å². The molecule has 0 atom stereocenters. The standard InChI is InChI=1S/C13H13ClN4O/c1-8-6-9(7-12(16-8)18-15)13(19)17-11-5-3-2-4-10(11)14/h2-7H,15H2,1H3,(H,16,18)(H,17,19). The second kappa shape index (κ2) is 5.69. The summed E-state index contributed by atoms with van der Waals surface area (Å²) in [5.41, 5.74) is 4.14. The minimum absolute atomic E-state index is 0.268. The maximum atomic E-state index is 12.1. The van der Waals surface area contributed by atoms with Crippen molar-refractivity contribution in [1.82, 2.24) is 4.98 Å². The molecule has 2 rings (SSSR count). The van der Waals surface area contributed by atoms with Crippen LogP contribution in [-0.4, -0.2) is 10.9 Å². The van der Waals surface area contributed by atoms with Gasteiger partial charge in [0.2, 0.25) is 0 Å². The Kier molecular flexibility index (Phi) is 3.99. The topological polar surface area (TPSA) is 80.0 Å². The van der Waals surface area contributed by atoms with Crippen LogP contribution in [0.4, 0.5) is 11.5 Å². The van der Waals surface area contributed by atoms with E-state index in [1.165, 1.54) is 0 Å². The number of carbonyl (C=O) groups is 1. The van der Waals surface area contributed by atoms with Crippen LogP contribution in [0.3, 0.4) is 0 Å². The predicted octanol–water partition coefficient (Wildman–Crippen LogP) is 2.58. The van der Waals surface area contributed by atoms with E-state index < -0.39 is 0 Å². The third kappa shape index (κ3) is 3.21. The summed E-state index contributed by atoms with van der Waals surface area (Å²) in [6.07, 6.45) is 0. The molecule has 0 aliphatic carbocycles.